The second kappa shape index (κ2) is 11.3. The third-order valence-electron chi connectivity index (χ3n) is 2.53. The van der Waals surface area contributed by atoms with Crippen molar-refractivity contribution in [1.29, 1.82) is 0 Å². The molecule has 0 aromatic carbocycles. The van der Waals surface area contributed by atoms with Crippen LogP contribution in [-0.4, -0.2) is 18.7 Å². The lowest BCUT2D eigenvalue weighted by Crippen LogP contribution is -2.20. The fourth-order valence-corrected chi connectivity index (χ4v) is 1.52. The van der Waals surface area contributed by atoms with Crippen molar-refractivity contribution in [3.63, 3.8) is 0 Å². The molecule has 0 aromatic heterocycles. The Hall–Kier alpha value is -0.140. The number of hydrogen-bond donors (Lipinski definition) is 0. The summed E-state index contributed by atoms with van der Waals surface area (Å²) in [6.45, 7) is 4.42. The van der Waals surface area contributed by atoms with Crippen LogP contribution in [0.25, 0.3) is 0 Å². The average Bonchev–Trinajstić information content (AvgIpc) is 2.31. The van der Waals surface area contributed by atoms with Crippen molar-refractivity contribution in [2.24, 2.45) is 0 Å². The summed E-state index contributed by atoms with van der Waals surface area (Å²) >= 11 is 0. The first-order valence-electron chi connectivity index (χ1n) is 6.24. The minimum atomic E-state index is -0.477. The van der Waals surface area contributed by atoms with Gasteiger partial charge in [0.25, 0.3) is 0 Å². The molecule has 0 fully saturated rings. The van der Waals surface area contributed by atoms with E-state index in [9.17, 15) is 4.79 Å². The predicted molar refractivity (Wildman–Crippen MR) is 69.2 cm³/mol. The maximum Gasteiger partial charge on any atom is 0.335 e. The molecular weight excluding hydrogens is 223 g/mol. The second-order valence-electron chi connectivity index (χ2n) is 4.07. The lowest BCUT2D eigenvalue weighted by molar-refractivity contribution is -0.150. The van der Waals surface area contributed by atoms with Gasteiger partial charge in [-0.15, -0.1) is 0 Å². The molecule has 16 heavy (non-hydrogen) atoms. The molecule has 0 heterocycles. The van der Waals surface area contributed by atoms with E-state index in [1.165, 1.54) is 32.1 Å². The van der Waals surface area contributed by atoms with Crippen LogP contribution in [0.15, 0.2) is 0 Å². The third-order valence-corrected chi connectivity index (χ3v) is 2.94. The molecule has 2 unspecified atom stereocenters. The standard InChI is InChI=1S/C12H25O3P/c1-3-4-5-6-7-8-9-10-14-12(13)11(2)15-16/h11H,3-10,16H2,1-2H3. The van der Waals surface area contributed by atoms with Crippen molar-refractivity contribution in [3.8, 4) is 0 Å². The van der Waals surface area contributed by atoms with Crippen LogP contribution in [0.5, 0.6) is 0 Å². The number of unbranched alkanes of at least 4 members (excludes halogenated alkanes) is 6. The molecule has 4 heteroatoms. The van der Waals surface area contributed by atoms with Gasteiger partial charge >= 0.3 is 5.97 Å². The zero-order valence-electron chi connectivity index (χ0n) is 10.5. The van der Waals surface area contributed by atoms with Crippen molar-refractivity contribution in [3.05, 3.63) is 0 Å². The van der Waals surface area contributed by atoms with Gasteiger partial charge < -0.3 is 9.26 Å². The van der Waals surface area contributed by atoms with Crippen LogP contribution in [-0.2, 0) is 14.1 Å². The third kappa shape index (κ3) is 9.11. The van der Waals surface area contributed by atoms with E-state index in [4.69, 9.17) is 9.26 Å². The molecule has 96 valence electrons. The van der Waals surface area contributed by atoms with Crippen LogP contribution in [0.4, 0.5) is 0 Å². The summed E-state index contributed by atoms with van der Waals surface area (Å²) in [5, 5.41) is 0. The zero-order valence-corrected chi connectivity index (χ0v) is 11.7. The van der Waals surface area contributed by atoms with Crippen molar-refractivity contribution < 1.29 is 14.1 Å². The molecule has 0 N–H and O–H groups in total. The number of rotatable bonds is 10. The number of hydrogen-bond acceptors (Lipinski definition) is 3. The summed E-state index contributed by atoms with van der Waals surface area (Å²) in [6.07, 6.45) is 8.11. The molecule has 0 aliphatic carbocycles. The van der Waals surface area contributed by atoms with E-state index >= 15 is 0 Å². The smallest absolute Gasteiger partial charge is 0.335 e. The minimum absolute atomic E-state index is 0.277. The molecule has 0 spiro atoms. The molecule has 0 saturated heterocycles. The second-order valence-corrected chi connectivity index (χ2v) is 4.34. The molecule has 3 nitrogen and oxygen atoms in total. The van der Waals surface area contributed by atoms with Gasteiger partial charge in [0.1, 0.15) is 0 Å². The summed E-state index contributed by atoms with van der Waals surface area (Å²) in [6, 6.07) is 0. The maximum absolute atomic E-state index is 11.2. The van der Waals surface area contributed by atoms with Gasteiger partial charge in [0, 0.05) is 9.47 Å². The largest absolute Gasteiger partial charge is 0.464 e. The molecule has 0 radical (unpaired) electrons. The van der Waals surface area contributed by atoms with Gasteiger partial charge in [-0.3, -0.25) is 0 Å². The fourth-order valence-electron chi connectivity index (χ4n) is 1.40. The van der Waals surface area contributed by atoms with Gasteiger partial charge in [0.2, 0.25) is 0 Å². The van der Waals surface area contributed by atoms with Crippen LogP contribution >= 0.6 is 9.47 Å². The average molecular weight is 248 g/mol. The van der Waals surface area contributed by atoms with Crippen molar-refractivity contribution in [2.75, 3.05) is 6.61 Å². The molecule has 0 rings (SSSR count). The molecule has 0 saturated carbocycles. The molecule has 0 amide bonds. The summed E-state index contributed by atoms with van der Waals surface area (Å²) < 4.78 is 9.82. The van der Waals surface area contributed by atoms with E-state index < -0.39 is 6.10 Å². The highest BCUT2D eigenvalue weighted by Crippen LogP contribution is 2.07. The molecule has 0 aromatic rings. The normalized spacial score (nSPS) is 12.4. The van der Waals surface area contributed by atoms with E-state index in [0.717, 1.165) is 12.8 Å². The highest BCUT2D eigenvalue weighted by atomic mass is 31.0. The highest BCUT2D eigenvalue weighted by Gasteiger charge is 2.12. The molecular formula is C12H25O3P. The van der Waals surface area contributed by atoms with E-state index in [-0.39, 0.29) is 5.97 Å². The summed E-state index contributed by atoms with van der Waals surface area (Å²) in [4.78, 5) is 11.2. The van der Waals surface area contributed by atoms with Gasteiger partial charge in [-0.1, -0.05) is 45.4 Å². The fraction of sp³-hybridized carbons (Fsp3) is 0.917. The van der Waals surface area contributed by atoms with Crippen LogP contribution in [0.2, 0.25) is 0 Å². The Morgan fingerprint density at radius 3 is 2.25 bits per heavy atom. The lowest BCUT2D eigenvalue weighted by atomic mass is 10.1. The number of ether oxygens (including phenoxy) is 1. The van der Waals surface area contributed by atoms with Crippen LogP contribution in [0.3, 0.4) is 0 Å². The van der Waals surface area contributed by atoms with Gasteiger partial charge in [-0.05, 0) is 13.3 Å². The van der Waals surface area contributed by atoms with Gasteiger partial charge in [-0.25, -0.2) is 4.79 Å². The lowest BCUT2D eigenvalue weighted by Gasteiger charge is -2.09. The SMILES string of the molecule is CCCCCCCCCOC(=O)C(C)OP. The van der Waals surface area contributed by atoms with Crippen LogP contribution < -0.4 is 0 Å². The van der Waals surface area contributed by atoms with Crippen LogP contribution in [0.1, 0.15) is 58.8 Å². The van der Waals surface area contributed by atoms with E-state index in [2.05, 4.69) is 16.4 Å². The maximum atomic E-state index is 11.2. The first kappa shape index (κ1) is 15.9. The summed E-state index contributed by atoms with van der Waals surface area (Å²) in [5.41, 5.74) is 0. The van der Waals surface area contributed by atoms with E-state index in [1.54, 1.807) is 6.92 Å². The topological polar surface area (TPSA) is 35.5 Å². The van der Waals surface area contributed by atoms with E-state index in [0.29, 0.717) is 6.61 Å². The number of esters is 1. The summed E-state index contributed by atoms with van der Waals surface area (Å²) in [7, 11) is 2.07. The van der Waals surface area contributed by atoms with Crippen LogP contribution in [0, 0.1) is 0 Å². The number of carbonyl (C=O) groups is 1. The Labute approximate surface area is 102 Å². The molecule has 0 bridgehead atoms. The Morgan fingerprint density at radius 2 is 1.69 bits per heavy atom. The van der Waals surface area contributed by atoms with Crippen molar-refractivity contribution in [1.82, 2.24) is 0 Å². The monoisotopic (exact) mass is 248 g/mol. The first-order chi connectivity index (χ1) is 7.72. The Kier molecular flexibility index (Phi) is 11.2. The van der Waals surface area contributed by atoms with Gasteiger partial charge in [0.15, 0.2) is 6.10 Å². The summed E-state index contributed by atoms with van der Waals surface area (Å²) in [5.74, 6) is -0.277. The molecule has 0 aliphatic rings. The quantitative estimate of drug-likeness (QED) is 0.337. The Bertz CT molecular complexity index is 174. The van der Waals surface area contributed by atoms with Gasteiger partial charge in [-0.2, -0.15) is 0 Å². The van der Waals surface area contributed by atoms with Crippen molar-refractivity contribution in [2.45, 2.75) is 64.9 Å². The predicted octanol–water partition coefficient (Wildman–Crippen LogP) is 3.48. The van der Waals surface area contributed by atoms with E-state index in [1.807, 2.05) is 0 Å². The van der Waals surface area contributed by atoms with Crippen molar-refractivity contribution >= 4 is 15.4 Å². The zero-order chi connectivity index (χ0) is 12.2. The molecule has 2 atom stereocenters. The Balaban J connectivity index is 3.18. The molecule has 0 aliphatic heterocycles. The first-order valence-corrected chi connectivity index (χ1v) is 6.71. The number of carbonyl (C=O) groups excluding carboxylic acids is 1. The minimum Gasteiger partial charge on any atom is -0.464 e. The van der Waals surface area contributed by atoms with Gasteiger partial charge in [0.05, 0.1) is 6.61 Å². The highest BCUT2D eigenvalue weighted by molar-refractivity contribution is 7.09. The Morgan fingerprint density at radius 1 is 1.12 bits per heavy atom.